The van der Waals surface area contributed by atoms with Gasteiger partial charge in [-0.25, -0.2) is 8.42 Å². The fourth-order valence-electron chi connectivity index (χ4n) is 3.61. The number of amides is 1. The number of aryl methyl sites for hydroxylation is 2. The SMILES string of the molecule is CCN(CC)S(=O)(=O)c1ccc2c(c1)CCCN2C(=O)C(=O)c1ccc(C)cc1. The second-order valence-corrected chi connectivity index (χ2v) is 9.07. The highest BCUT2D eigenvalue weighted by Crippen LogP contribution is 2.31. The van der Waals surface area contributed by atoms with Gasteiger partial charge >= 0.3 is 0 Å². The molecule has 1 aliphatic heterocycles. The van der Waals surface area contributed by atoms with Crippen LogP contribution >= 0.6 is 0 Å². The number of hydrogen-bond donors (Lipinski definition) is 0. The Morgan fingerprint density at radius 3 is 2.31 bits per heavy atom. The molecule has 0 aromatic heterocycles. The van der Waals surface area contributed by atoms with Crippen LogP contribution in [-0.2, 0) is 21.2 Å². The summed E-state index contributed by atoms with van der Waals surface area (Å²) in [5.74, 6) is -1.15. The van der Waals surface area contributed by atoms with Crippen molar-refractivity contribution in [2.75, 3.05) is 24.5 Å². The molecule has 0 radical (unpaired) electrons. The second kappa shape index (κ2) is 8.47. The van der Waals surface area contributed by atoms with Gasteiger partial charge in [0.2, 0.25) is 10.0 Å². The topological polar surface area (TPSA) is 74.8 Å². The van der Waals surface area contributed by atoms with Gasteiger partial charge in [0.15, 0.2) is 0 Å². The molecule has 1 heterocycles. The minimum atomic E-state index is -3.57. The molecule has 7 heteroatoms. The Kier molecular flexibility index (Phi) is 6.19. The van der Waals surface area contributed by atoms with E-state index in [1.165, 1.54) is 15.3 Å². The molecule has 0 saturated heterocycles. The number of benzene rings is 2. The average molecular weight is 415 g/mol. The molecule has 154 valence electrons. The van der Waals surface area contributed by atoms with Crippen molar-refractivity contribution in [3.8, 4) is 0 Å². The van der Waals surface area contributed by atoms with E-state index in [2.05, 4.69) is 0 Å². The molecule has 0 spiro atoms. The zero-order valence-corrected chi connectivity index (χ0v) is 17.8. The molecule has 2 aromatic carbocycles. The van der Waals surface area contributed by atoms with Crippen molar-refractivity contribution < 1.29 is 18.0 Å². The normalized spacial score (nSPS) is 14.0. The van der Waals surface area contributed by atoms with Gasteiger partial charge in [-0.3, -0.25) is 9.59 Å². The smallest absolute Gasteiger partial charge is 0.299 e. The zero-order chi connectivity index (χ0) is 21.2. The largest absolute Gasteiger partial charge is 0.305 e. The van der Waals surface area contributed by atoms with Crippen molar-refractivity contribution in [3.05, 3.63) is 59.2 Å². The van der Waals surface area contributed by atoms with Gasteiger partial charge < -0.3 is 4.90 Å². The van der Waals surface area contributed by atoms with E-state index in [1.807, 2.05) is 6.92 Å². The molecule has 29 heavy (non-hydrogen) atoms. The van der Waals surface area contributed by atoms with Crippen molar-refractivity contribution in [3.63, 3.8) is 0 Å². The van der Waals surface area contributed by atoms with Crippen LogP contribution in [0, 0.1) is 6.92 Å². The van der Waals surface area contributed by atoms with Gasteiger partial charge in [-0.15, -0.1) is 0 Å². The van der Waals surface area contributed by atoms with E-state index in [1.54, 1.807) is 50.2 Å². The van der Waals surface area contributed by atoms with E-state index >= 15 is 0 Å². The third-order valence-electron chi connectivity index (χ3n) is 5.27. The van der Waals surface area contributed by atoms with Gasteiger partial charge in [0.25, 0.3) is 11.7 Å². The molecule has 2 aromatic rings. The van der Waals surface area contributed by atoms with Crippen molar-refractivity contribution >= 4 is 27.4 Å². The zero-order valence-electron chi connectivity index (χ0n) is 17.0. The number of hydrogen-bond acceptors (Lipinski definition) is 4. The summed E-state index contributed by atoms with van der Waals surface area (Å²) in [5.41, 5.74) is 2.75. The van der Waals surface area contributed by atoms with Gasteiger partial charge in [-0.1, -0.05) is 43.7 Å². The first kappa shape index (κ1) is 21.2. The number of fused-ring (bicyclic) bond motifs is 1. The van der Waals surface area contributed by atoms with Crippen LogP contribution in [0.15, 0.2) is 47.4 Å². The summed E-state index contributed by atoms with van der Waals surface area (Å²) in [6.45, 7) is 6.75. The third-order valence-corrected chi connectivity index (χ3v) is 7.31. The maximum atomic E-state index is 12.9. The Hall–Kier alpha value is -2.51. The Bertz CT molecular complexity index is 1030. The molecule has 0 N–H and O–H groups in total. The summed E-state index contributed by atoms with van der Waals surface area (Å²) in [5, 5.41) is 0. The van der Waals surface area contributed by atoms with Gasteiger partial charge in [-0.05, 0) is 43.5 Å². The number of carbonyl (C=O) groups is 2. The minimum absolute atomic E-state index is 0.221. The van der Waals surface area contributed by atoms with Crippen LogP contribution in [0.5, 0.6) is 0 Å². The van der Waals surface area contributed by atoms with Gasteiger partial charge in [-0.2, -0.15) is 4.31 Å². The van der Waals surface area contributed by atoms with Crippen LogP contribution in [0.4, 0.5) is 5.69 Å². The van der Waals surface area contributed by atoms with Crippen LogP contribution < -0.4 is 4.90 Å². The Morgan fingerprint density at radius 2 is 1.69 bits per heavy atom. The van der Waals surface area contributed by atoms with E-state index in [4.69, 9.17) is 0 Å². The number of carbonyl (C=O) groups excluding carboxylic acids is 2. The van der Waals surface area contributed by atoms with Crippen molar-refractivity contribution in [1.82, 2.24) is 4.31 Å². The first-order valence-electron chi connectivity index (χ1n) is 9.85. The van der Waals surface area contributed by atoms with Gasteiger partial charge in [0.05, 0.1) is 4.90 Å². The quantitative estimate of drug-likeness (QED) is 0.537. The summed E-state index contributed by atoms with van der Waals surface area (Å²) in [7, 11) is -3.57. The lowest BCUT2D eigenvalue weighted by Crippen LogP contribution is -2.40. The highest BCUT2D eigenvalue weighted by molar-refractivity contribution is 7.89. The molecule has 0 unspecified atom stereocenters. The molecule has 0 bridgehead atoms. The van der Waals surface area contributed by atoms with Crippen molar-refractivity contribution in [2.24, 2.45) is 0 Å². The summed E-state index contributed by atoms with van der Waals surface area (Å²) < 4.78 is 27.0. The monoisotopic (exact) mass is 414 g/mol. The number of rotatable bonds is 6. The van der Waals surface area contributed by atoms with Crippen LogP contribution in [0.1, 0.15) is 41.8 Å². The van der Waals surface area contributed by atoms with E-state index in [-0.39, 0.29) is 4.90 Å². The van der Waals surface area contributed by atoms with Crippen LogP contribution in [0.2, 0.25) is 0 Å². The number of nitrogens with zero attached hydrogens (tertiary/aromatic N) is 2. The Morgan fingerprint density at radius 1 is 1.03 bits per heavy atom. The predicted octanol–water partition coefficient (Wildman–Crippen LogP) is 3.19. The number of sulfonamides is 1. The molecule has 3 rings (SSSR count). The first-order valence-corrected chi connectivity index (χ1v) is 11.3. The number of Topliss-reactive ketones (excluding diaryl/α,β-unsaturated/α-hetero) is 1. The molecule has 0 fully saturated rings. The average Bonchev–Trinajstić information content (AvgIpc) is 2.73. The predicted molar refractivity (Wildman–Crippen MR) is 113 cm³/mol. The summed E-state index contributed by atoms with van der Waals surface area (Å²) >= 11 is 0. The molecule has 0 atom stereocenters. The van der Waals surface area contributed by atoms with Crippen LogP contribution in [0.3, 0.4) is 0 Å². The molecule has 6 nitrogen and oxygen atoms in total. The van der Waals surface area contributed by atoms with E-state index in [9.17, 15) is 18.0 Å². The standard InChI is InChI=1S/C22H26N2O4S/c1-4-23(5-2)29(27,28)19-12-13-20-18(15-19)7-6-14-24(20)22(26)21(25)17-10-8-16(3)9-11-17/h8-13,15H,4-7,14H2,1-3H3. The van der Waals surface area contributed by atoms with Crippen molar-refractivity contribution in [1.29, 1.82) is 0 Å². The van der Waals surface area contributed by atoms with E-state index in [0.717, 1.165) is 11.1 Å². The van der Waals surface area contributed by atoms with Crippen LogP contribution in [-0.4, -0.2) is 44.0 Å². The fraction of sp³-hybridized carbons (Fsp3) is 0.364. The minimum Gasteiger partial charge on any atom is -0.305 e. The fourth-order valence-corrected chi connectivity index (χ4v) is 5.12. The Balaban J connectivity index is 1.92. The van der Waals surface area contributed by atoms with Gasteiger partial charge in [0, 0.05) is 30.9 Å². The molecule has 0 aliphatic carbocycles. The lowest BCUT2D eigenvalue weighted by atomic mass is 10.00. The first-order chi connectivity index (χ1) is 13.8. The highest BCUT2D eigenvalue weighted by atomic mass is 32.2. The van der Waals surface area contributed by atoms with Crippen LogP contribution in [0.25, 0.3) is 0 Å². The molecule has 1 aliphatic rings. The molecule has 0 saturated carbocycles. The summed E-state index contributed by atoms with van der Waals surface area (Å²) in [4.78, 5) is 27.2. The van der Waals surface area contributed by atoms with E-state index < -0.39 is 21.7 Å². The maximum absolute atomic E-state index is 12.9. The number of ketones is 1. The maximum Gasteiger partial charge on any atom is 0.299 e. The lowest BCUT2D eigenvalue weighted by Gasteiger charge is -2.29. The summed E-state index contributed by atoms with van der Waals surface area (Å²) in [6, 6.07) is 11.7. The number of anilines is 1. The lowest BCUT2D eigenvalue weighted by molar-refractivity contribution is -0.114. The summed E-state index contributed by atoms with van der Waals surface area (Å²) in [6.07, 6.45) is 1.34. The van der Waals surface area contributed by atoms with Crippen molar-refractivity contribution in [2.45, 2.75) is 38.5 Å². The van der Waals surface area contributed by atoms with Gasteiger partial charge in [0.1, 0.15) is 0 Å². The second-order valence-electron chi connectivity index (χ2n) is 7.14. The molecular formula is C22H26N2O4S. The van der Waals surface area contributed by atoms with E-state index in [0.29, 0.717) is 43.7 Å². The molecule has 1 amide bonds. The highest BCUT2D eigenvalue weighted by Gasteiger charge is 2.30. The molecular weight excluding hydrogens is 388 g/mol. The third kappa shape index (κ3) is 4.11. The Labute approximate surface area is 172 Å².